The van der Waals surface area contributed by atoms with Gasteiger partial charge in [0.15, 0.2) is 6.61 Å². The van der Waals surface area contributed by atoms with E-state index < -0.39 is 0 Å². The highest BCUT2D eigenvalue weighted by molar-refractivity contribution is 5.95. The average Bonchev–Trinajstić information content (AvgIpc) is 2.39. The lowest BCUT2D eigenvalue weighted by molar-refractivity contribution is -0.118. The van der Waals surface area contributed by atoms with Crippen LogP contribution in [-0.4, -0.2) is 17.5 Å². The normalized spacial score (nSPS) is 13.5. The van der Waals surface area contributed by atoms with Gasteiger partial charge < -0.3 is 10.1 Å². The van der Waals surface area contributed by atoms with Crippen molar-refractivity contribution in [2.24, 2.45) is 0 Å². The molecule has 4 nitrogen and oxygen atoms in total. The van der Waals surface area contributed by atoms with Crippen LogP contribution in [-0.2, 0) is 4.79 Å². The first kappa shape index (κ1) is 10.8. The molecule has 1 aromatic heterocycles. The number of amides is 1. The van der Waals surface area contributed by atoms with E-state index in [1.807, 2.05) is 43.5 Å². The van der Waals surface area contributed by atoms with E-state index in [1.165, 1.54) is 0 Å². The standard InChI is InChI=1S/C14H12N2O2/c1-9-2-3-11(7-15-9)10-4-5-12-13(6-10)18-8-14(17)16-12/h2-7H,8H2,1H3,(H,16,17). The molecule has 1 amide bonds. The summed E-state index contributed by atoms with van der Waals surface area (Å²) in [6.07, 6.45) is 1.83. The maximum atomic E-state index is 11.2. The molecule has 0 saturated carbocycles. The van der Waals surface area contributed by atoms with Crippen molar-refractivity contribution < 1.29 is 9.53 Å². The molecule has 0 unspecified atom stereocenters. The highest BCUT2D eigenvalue weighted by atomic mass is 16.5. The Balaban J connectivity index is 1.99. The van der Waals surface area contributed by atoms with Gasteiger partial charge in [0.05, 0.1) is 5.69 Å². The molecule has 3 rings (SSSR count). The number of aromatic nitrogens is 1. The van der Waals surface area contributed by atoms with Gasteiger partial charge in [-0.2, -0.15) is 0 Å². The molecule has 4 heteroatoms. The highest BCUT2D eigenvalue weighted by Gasteiger charge is 2.16. The highest BCUT2D eigenvalue weighted by Crippen LogP contribution is 2.32. The van der Waals surface area contributed by atoms with Gasteiger partial charge >= 0.3 is 0 Å². The van der Waals surface area contributed by atoms with E-state index in [0.717, 1.165) is 22.5 Å². The molecular formula is C14H12N2O2. The van der Waals surface area contributed by atoms with Crippen molar-refractivity contribution in [3.8, 4) is 16.9 Å². The molecule has 2 heterocycles. The molecule has 0 bridgehead atoms. The predicted octanol–water partition coefficient (Wildman–Crippen LogP) is 2.39. The van der Waals surface area contributed by atoms with Gasteiger partial charge in [-0.25, -0.2) is 0 Å². The first-order valence-electron chi connectivity index (χ1n) is 5.72. The van der Waals surface area contributed by atoms with Gasteiger partial charge in [-0.1, -0.05) is 12.1 Å². The van der Waals surface area contributed by atoms with Crippen LogP contribution in [0.4, 0.5) is 5.69 Å². The van der Waals surface area contributed by atoms with Crippen molar-refractivity contribution in [3.63, 3.8) is 0 Å². The van der Waals surface area contributed by atoms with Crippen molar-refractivity contribution in [1.29, 1.82) is 0 Å². The molecule has 0 atom stereocenters. The number of carbonyl (C=O) groups is 1. The second-order valence-electron chi connectivity index (χ2n) is 4.24. The number of aryl methyl sites for hydroxylation is 1. The molecule has 18 heavy (non-hydrogen) atoms. The van der Waals surface area contributed by atoms with E-state index in [9.17, 15) is 4.79 Å². The summed E-state index contributed by atoms with van der Waals surface area (Å²) in [5, 5.41) is 2.77. The van der Waals surface area contributed by atoms with Crippen LogP contribution < -0.4 is 10.1 Å². The topological polar surface area (TPSA) is 51.2 Å². The fraction of sp³-hybridized carbons (Fsp3) is 0.143. The van der Waals surface area contributed by atoms with E-state index in [2.05, 4.69) is 10.3 Å². The minimum Gasteiger partial charge on any atom is -0.482 e. The largest absolute Gasteiger partial charge is 0.482 e. The Morgan fingerprint density at radius 1 is 1.22 bits per heavy atom. The number of nitrogens with zero attached hydrogens (tertiary/aromatic N) is 1. The minimum absolute atomic E-state index is 0.0720. The van der Waals surface area contributed by atoms with Crippen LogP contribution in [0.15, 0.2) is 36.5 Å². The summed E-state index contributed by atoms with van der Waals surface area (Å²) in [6.45, 7) is 2.03. The molecule has 2 aromatic rings. The lowest BCUT2D eigenvalue weighted by Gasteiger charge is -2.18. The predicted molar refractivity (Wildman–Crippen MR) is 68.5 cm³/mol. The number of hydrogen-bond acceptors (Lipinski definition) is 3. The van der Waals surface area contributed by atoms with Crippen molar-refractivity contribution >= 4 is 11.6 Å². The third-order valence-corrected chi connectivity index (χ3v) is 2.86. The van der Waals surface area contributed by atoms with E-state index >= 15 is 0 Å². The Morgan fingerprint density at radius 2 is 2.06 bits per heavy atom. The van der Waals surface area contributed by atoms with Crippen LogP contribution in [0.25, 0.3) is 11.1 Å². The number of fused-ring (bicyclic) bond motifs is 1. The Kier molecular flexibility index (Phi) is 2.48. The summed E-state index contributed by atoms with van der Waals surface area (Å²) in [5.74, 6) is 0.583. The Labute approximate surface area is 105 Å². The number of ether oxygens (including phenoxy) is 1. The van der Waals surface area contributed by atoms with Crippen molar-refractivity contribution in [2.45, 2.75) is 6.92 Å². The fourth-order valence-electron chi connectivity index (χ4n) is 1.89. The lowest BCUT2D eigenvalue weighted by atomic mass is 10.1. The SMILES string of the molecule is Cc1ccc(-c2ccc3c(c2)OCC(=O)N3)cn1. The summed E-state index contributed by atoms with van der Waals surface area (Å²) in [6, 6.07) is 9.70. The maximum Gasteiger partial charge on any atom is 0.262 e. The van der Waals surface area contributed by atoms with Gasteiger partial charge in [0, 0.05) is 17.5 Å². The molecule has 1 aromatic carbocycles. The number of carbonyl (C=O) groups excluding carboxylic acids is 1. The number of anilines is 1. The van der Waals surface area contributed by atoms with E-state index in [0.29, 0.717) is 5.75 Å². The second-order valence-corrected chi connectivity index (χ2v) is 4.24. The average molecular weight is 240 g/mol. The fourth-order valence-corrected chi connectivity index (χ4v) is 1.89. The Morgan fingerprint density at radius 3 is 2.83 bits per heavy atom. The van der Waals surface area contributed by atoms with Crippen LogP contribution in [0, 0.1) is 6.92 Å². The van der Waals surface area contributed by atoms with Crippen LogP contribution in [0.2, 0.25) is 0 Å². The molecule has 1 N–H and O–H groups in total. The van der Waals surface area contributed by atoms with Crippen molar-refractivity contribution in [1.82, 2.24) is 4.98 Å². The minimum atomic E-state index is -0.118. The first-order chi connectivity index (χ1) is 8.72. The van der Waals surface area contributed by atoms with Gasteiger partial charge in [0.25, 0.3) is 5.91 Å². The number of hydrogen-bond donors (Lipinski definition) is 1. The monoisotopic (exact) mass is 240 g/mol. The van der Waals surface area contributed by atoms with Gasteiger partial charge in [-0.15, -0.1) is 0 Å². The van der Waals surface area contributed by atoms with Crippen LogP contribution in [0.5, 0.6) is 5.75 Å². The second kappa shape index (κ2) is 4.14. The first-order valence-corrected chi connectivity index (χ1v) is 5.72. The van der Waals surface area contributed by atoms with Crippen LogP contribution >= 0.6 is 0 Å². The summed E-state index contributed by atoms with van der Waals surface area (Å²) in [4.78, 5) is 15.4. The zero-order chi connectivity index (χ0) is 12.5. The van der Waals surface area contributed by atoms with E-state index in [1.54, 1.807) is 0 Å². The van der Waals surface area contributed by atoms with E-state index in [-0.39, 0.29) is 12.5 Å². The number of pyridine rings is 1. The van der Waals surface area contributed by atoms with E-state index in [4.69, 9.17) is 4.74 Å². The summed E-state index contributed by atoms with van der Waals surface area (Å²) >= 11 is 0. The molecule has 0 saturated heterocycles. The number of benzene rings is 1. The molecule has 1 aliphatic heterocycles. The summed E-state index contributed by atoms with van der Waals surface area (Å²) < 4.78 is 5.39. The molecule has 0 spiro atoms. The lowest BCUT2D eigenvalue weighted by Crippen LogP contribution is -2.25. The van der Waals surface area contributed by atoms with Gasteiger partial charge in [-0.3, -0.25) is 9.78 Å². The molecule has 0 radical (unpaired) electrons. The summed E-state index contributed by atoms with van der Waals surface area (Å²) in [7, 11) is 0. The van der Waals surface area contributed by atoms with Gasteiger partial charge in [0.1, 0.15) is 5.75 Å². The molecule has 90 valence electrons. The molecule has 0 fully saturated rings. The smallest absolute Gasteiger partial charge is 0.262 e. The van der Waals surface area contributed by atoms with Gasteiger partial charge in [-0.05, 0) is 30.7 Å². The quantitative estimate of drug-likeness (QED) is 0.832. The summed E-state index contributed by atoms with van der Waals surface area (Å²) in [5.41, 5.74) is 3.76. The Hall–Kier alpha value is -2.36. The van der Waals surface area contributed by atoms with Crippen LogP contribution in [0.3, 0.4) is 0 Å². The third kappa shape index (κ3) is 1.93. The van der Waals surface area contributed by atoms with Crippen LogP contribution in [0.1, 0.15) is 5.69 Å². The molecule has 0 aliphatic carbocycles. The number of nitrogens with one attached hydrogen (secondary N) is 1. The van der Waals surface area contributed by atoms with Crippen molar-refractivity contribution in [3.05, 3.63) is 42.2 Å². The molecule has 1 aliphatic rings. The maximum absolute atomic E-state index is 11.2. The zero-order valence-corrected chi connectivity index (χ0v) is 9.93. The van der Waals surface area contributed by atoms with Gasteiger partial charge in [0.2, 0.25) is 0 Å². The Bertz CT molecular complexity index is 606. The number of rotatable bonds is 1. The molecular weight excluding hydrogens is 228 g/mol. The van der Waals surface area contributed by atoms with Crippen molar-refractivity contribution in [2.75, 3.05) is 11.9 Å². The third-order valence-electron chi connectivity index (χ3n) is 2.86. The zero-order valence-electron chi connectivity index (χ0n) is 9.93.